The molecule has 1 fully saturated rings. The summed E-state index contributed by atoms with van der Waals surface area (Å²) in [6.45, 7) is 3.99. The number of halogens is 1. The van der Waals surface area contributed by atoms with Crippen molar-refractivity contribution in [1.29, 1.82) is 0 Å². The lowest BCUT2D eigenvalue weighted by Crippen LogP contribution is -2.37. The number of likely N-dealkylation sites (tertiary alicyclic amines) is 1. The Balaban J connectivity index is 1.40. The van der Waals surface area contributed by atoms with Crippen LogP contribution in [0.25, 0.3) is 0 Å². The first-order chi connectivity index (χ1) is 13.7. The second kappa shape index (κ2) is 9.16. The van der Waals surface area contributed by atoms with E-state index in [2.05, 4.69) is 27.7 Å². The highest BCUT2D eigenvalue weighted by Gasteiger charge is 2.25. The van der Waals surface area contributed by atoms with Crippen molar-refractivity contribution in [2.24, 2.45) is 0 Å². The minimum Gasteiger partial charge on any atom is -0.489 e. The lowest BCUT2D eigenvalue weighted by atomic mass is 10.1. The molecule has 1 atom stereocenters. The predicted molar refractivity (Wildman–Crippen MR) is 112 cm³/mol. The van der Waals surface area contributed by atoms with Gasteiger partial charge in [-0.25, -0.2) is 0 Å². The Hall–Kier alpha value is -1.76. The van der Waals surface area contributed by atoms with Crippen LogP contribution in [0.1, 0.15) is 35.7 Å². The maximum atomic E-state index is 12.6. The van der Waals surface area contributed by atoms with E-state index in [0.29, 0.717) is 36.3 Å². The Morgan fingerprint density at radius 3 is 2.82 bits per heavy atom. The number of rotatable bonds is 6. The standard InChI is InChI=1S/C21H25ClN2O3S/c22-16-11-15(12-18-21(16)27-9-4-8-26-18)13-20(25)23-14-17(19-5-3-10-28-19)24-6-1-2-7-24/h3,5,10-12,17H,1-2,4,6-9,13-14H2,(H,23,25). The Morgan fingerprint density at radius 2 is 2.04 bits per heavy atom. The average Bonchev–Trinajstić information content (AvgIpc) is 3.34. The second-order valence-corrected chi connectivity index (χ2v) is 8.60. The molecule has 1 N–H and O–H groups in total. The number of carbonyl (C=O) groups is 1. The van der Waals surface area contributed by atoms with Crippen molar-refractivity contribution in [3.8, 4) is 11.5 Å². The van der Waals surface area contributed by atoms with Crippen LogP contribution >= 0.6 is 22.9 Å². The zero-order valence-corrected chi connectivity index (χ0v) is 17.4. The molecule has 150 valence electrons. The first-order valence-corrected chi connectivity index (χ1v) is 11.1. The summed E-state index contributed by atoms with van der Waals surface area (Å²) in [6, 6.07) is 8.14. The molecule has 3 heterocycles. The number of benzene rings is 1. The highest BCUT2D eigenvalue weighted by Crippen LogP contribution is 2.38. The summed E-state index contributed by atoms with van der Waals surface area (Å²) in [4.78, 5) is 16.4. The van der Waals surface area contributed by atoms with Gasteiger partial charge in [-0.2, -0.15) is 0 Å². The van der Waals surface area contributed by atoms with Crippen molar-refractivity contribution < 1.29 is 14.3 Å². The van der Waals surface area contributed by atoms with Crippen LogP contribution in [-0.4, -0.2) is 43.7 Å². The monoisotopic (exact) mass is 420 g/mol. The SMILES string of the molecule is O=C(Cc1cc(Cl)c2c(c1)OCCCO2)NCC(c1cccs1)N1CCCC1. The number of ether oxygens (including phenoxy) is 2. The topological polar surface area (TPSA) is 50.8 Å². The van der Waals surface area contributed by atoms with Crippen molar-refractivity contribution in [3.63, 3.8) is 0 Å². The van der Waals surface area contributed by atoms with Gasteiger partial charge in [0.05, 0.1) is 30.7 Å². The Morgan fingerprint density at radius 1 is 1.21 bits per heavy atom. The summed E-state index contributed by atoms with van der Waals surface area (Å²) < 4.78 is 11.4. The third-order valence-corrected chi connectivity index (χ3v) is 6.43. The minimum absolute atomic E-state index is 0.00805. The third kappa shape index (κ3) is 4.62. The van der Waals surface area contributed by atoms with E-state index in [1.807, 2.05) is 6.07 Å². The lowest BCUT2D eigenvalue weighted by Gasteiger charge is -2.27. The van der Waals surface area contributed by atoms with E-state index in [1.54, 1.807) is 17.4 Å². The highest BCUT2D eigenvalue weighted by molar-refractivity contribution is 7.10. The number of thiophene rings is 1. The zero-order valence-electron chi connectivity index (χ0n) is 15.8. The van der Waals surface area contributed by atoms with Gasteiger partial charge < -0.3 is 14.8 Å². The van der Waals surface area contributed by atoms with Crippen LogP contribution in [-0.2, 0) is 11.2 Å². The molecule has 1 aromatic heterocycles. The maximum absolute atomic E-state index is 12.6. The van der Waals surface area contributed by atoms with Crippen LogP contribution in [0, 0.1) is 0 Å². The molecule has 5 nitrogen and oxygen atoms in total. The smallest absolute Gasteiger partial charge is 0.224 e. The zero-order chi connectivity index (χ0) is 19.3. The summed E-state index contributed by atoms with van der Waals surface area (Å²) >= 11 is 8.09. The van der Waals surface area contributed by atoms with Gasteiger partial charge in [0.15, 0.2) is 11.5 Å². The fourth-order valence-corrected chi connectivity index (χ4v) is 4.94. The second-order valence-electron chi connectivity index (χ2n) is 7.21. The molecule has 1 amide bonds. The molecule has 2 aliphatic heterocycles. The number of amides is 1. The lowest BCUT2D eigenvalue weighted by molar-refractivity contribution is -0.120. The molecule has 28 heavy (non-hydrogen) atoms. The summed E-state index contributed by atoms with van der Waals surface area (Å²) in [6.07, 6.45) is 3.55. The van der Waals surface area contributed by atoms with E-state index in [1.165, 1.54) is 17.7 Å². The molecular formula is C21H25ClN2O3S. The predicted octanol–water partition coefficient (Wildman–Crippen LogP) is 4.06. The summed E-state index contributed by atoms with van der Waals surface area (Å²) in [5, 5.41) is 5.71. The quantitative estimate of drug-likeness (QED) is 0.765. The van der Waals surface area contributed by atoms with E-state index < -0.39 is 0 Å². The van der Waals surface area contributed by atoms with Crippen LogP contribution in [0.3, 0.4) is 0 Å². The van der Waals surface area contributed by atoms with Crippen molar-refractivity contribution in [1.82, 2.24) is 10.2 Å². The largest absolute Gasteiger partial charge is 0.489 e. The van der Waals surface area contributed by atoms with Gasteiger partial charge in [0.2, 0.25) is 5.91 Å². The molecule has 0 bridgehead atoms. The Labute approximate surface area is 174 Å². The van der Waals surface area contributed by atoms with Gasteiger partial charge in [0, 0.05) is 17.8 Å². The van der Waals surface area contributed by atoms with Crippen LogP contribution < -0.4 is 14.8 Å². The number of nitrogens with one attached hydrogen (secondary N) is 1. The van der Waals surface area contributed by atoms with Crippen LogP contribution in [0.15, 0.2) is 29.6 Å². The summed E-state index contributed by atoms with van der Waals surface area (Å²) in [5.74, 6) is 1.20. The number of fused-ring (bicyclic) bond motifs is 1. The van der Waals surface area contributed by atoms with Gasteiger partial charge in [0.1, 0.15) is 0 Å². The number of nitrogens with zero attached hydrogens (tertiary/aromatic N) is 1. The maximum Gasteiger partial charge on any atom is 0.224 e. The Bertz CT molecular complexity index is 806. The minimum atomic E-state index is -0.00805. The summed E-state index contributed by atoms with van der Waals surface area (Å²) in [7, 11) is 0. The van der Waals surface area contributed by atoms with Gasteiger partial charge >= 0.3 is 0 Å². The molecule has 7 heteroatoms. The molecule has 1 saturated heterocycles. The third-order valence-electron chi connectivity index (χ3n) is 5.17. The van der Waals surface area contributed by atoms with Gasteiger partial charge in [-0.05, 0) is 55.1 Å². The first-order valence-electron chi connectivity index (χ1n) is 9.83. The van der Waals surface area contributed by atoms with E-state index in [4.69, 9.17) is 21.1 Å². The van der Waals surface area contributed by atoms with E-state index >= 15 is 0 Å². The molecule has 0 saturated carbocycles. The molecule has 0 aliphatic carbocycles. The Kier molecular flexibility index (Phi) is 6.40. The van der Waals surface area contributed by atoms with Gasteiger partial charge in [0.25, 0.3) is 0 Å². The van der Waals surface area contributed by atoms with Gasteiger partial charge in [-0.3, -0.25) is 9.69 Å². The normalized spacial score (nSPS) is 17.9. The van der Waals surface area contributed by atoms with Crippen LogP contribution in [0.2, 0.25) is 5.02 Å². The van der Waals surface area contributed by atoms with Crippen molar-refractivity contribution in [2.75, 3.05) is 32.8 Å². The fraction of sp³-hybridized carbons (Fsp3) is 0.476. The molecule has 0 spiro atoms. The van der Waals surface area contributed by atoms with E-state index in [0.717, 1.165) is 25.1 Å². The number of hydrogen-bond donors (Lipinski definition) is 1. The van der Waals surface area contributed by atoms with Crippen LogP contribution in [0.4, 0.5) is 0 Å². The average molecular weight is 421 g/mol. The van der Waals surface area contributed by atoms with Crippen molar-refractivity contribution in [3.05, 3.63) is 45.1 Å². The molecule has 0 radical (unpaired) electrons. The van der Waals surface area contributed by atoms with Crippen LogP contribution in [0.5, 0.6) is 11.5 Å². The van der Waals surface area contributed by atoms with E-state index in [-0.39, 0.29) is 18.4 Å². The van der Waals surface area contributed by atoms with Crippen molar-refractivity contribution in [2.45, 2.75) is 31.7 Å². The molecule has 1 aromatic carbocycles. The molecule has 4 rings (SSSR count). The van der Waals surface area contributed by atoms with Gasteiger partial charge in [-0.1, -0.05) is 17.7 Å². The van der Waals surface area contributed by atoms with Crippen molar-refractivity contribution >= 4 is 28.8 Å². The number of hydrogen-bond acceptors (Lipinski definition) is 5. The summed E-state index contributed by atoms with van der Waals surface area (Å²) in [5.41, 5.74) is 0.834. The first kappa shape index (κ1) is 19.6. The highest BCUT2D eigenvalue weighted by atomic mass is 35.5. The van der Waals surface area contributed by atoms with E-state index in [9.17, 15) is 4.79 Å². The number of carbonyl (C=O) groups excluding carboxylic acids is 1. The molecular weight excluding hydrogens is 396 g/mol. The molecule has 2 aliphatic rings. The fourth-order valence-electron chi connectivity index (χ4n) is 3.79. The molecule has 2 aromatic rings. The molecule has 1 unspecified atom stereocenters. The van der Waals surface area contributed by atoms with Gasteiger partial charge in [-0.15, -0.1) is 11.3 Å².